The fraction of sp³-hybridized carbons (Fsp3) is 0.211. The molecule has 1 heterocycles. The van der Waals surface area contributed by atoms with E-state index in [4.69, 9.17) is 9.84 Å². The lowest BCUT2D eigenvalue weighted by Crippen LogP contribution is -1.99. The Morgan fingerprint density at radius 2 is 1.59 bits per heavy atom. The summed E-state index contributed by atoms with van der Waals surface area (Å²) in [5.74, 6) is 0.859. The van der Waals surface area contributed by atoms with Crippen molar-refractivity contribution in [2.75, 3.05) is 7.11 Å². The van der Waals surface area contributed by atoms with Crippen LogP contribution in [-0.4, -0.2) is 16.9 Å². The molecule has 0 radical (unpaired) electrons. The van der Waals surface area contributed by atoms with Crippen molar-refractivity contribution < 1.29 is 4.74 Å². The summed E-state index contributed by atoms with van der Waals surface area (Å²) in [6.45, 7) is 5.06. The summed E-state index contributed by atoms with van der Waals surface area (Å²) >= 11 is 0. The Balaban J connectivity index is 2.01. The lowest BCUT2D eigenvalue weighted by molar-refractivity contribution is 0.415. The highest BCUT2D eigenvalue weighted by Crippen LogP contribution is 2.27. The monoisotopic (exact) mass is 292 g/mol. The number of aromatic nitrogens is 2. The average Bonchev–Trinajstić information content (AvgIpc) is 3.00. The molecule has 3 heteroatoms. The van der Waals surface area contributed by atoms with Crippen LogP contribution in [0.3, 0.4) is 0 Å². The zero-order valence-electron chi connectivity index (χ0n) is 13.2. The zero-order chi connectivity index (χ0) is 15.5. The average molecular weight is 292 g/mol. The topological polar surface area (TPSA) is 27.1 Å². The quantitative estimate of drug-likeness (QED) is 0.705. The van der Waals surface area contributed by atoms with E-state index in [1.54, 1.807) is 7.11 Å². The van der Waals surface area contributed by atoms with Crippen molar-refractivity contribution in [3.63, 3.8) is 0 Å². The van der Waals surface area contributed by atoms with Gasteiger partial charge in [0, 0.05) is 12.1 Å². The van der Waals surface area contributed by atoms with Crippen molar-refractivity contribution >= 4 is 0 Å². The third kappa shape index (κ3) is 2.75. The molecule has 0 atom stereocenters. The molecule has 3 nitrogen and oxygen atoms in total. The molecular formula is C19H20N2O. The van der Waals surface area contributed by atoms with Gasteiger partial charge in [-0.1, -0.05) is 29.8 Å². The van der Waals surface area contributed by atoms with Gasteiger partial charge in [0.2, 0.25) is 0 Å². The van der Waals surface area contributed by atoms with Crippen LogP contribution in [0.1, 0.15) is 12.5 Å². The van der Waals surface area contributed by atoms with Crippen molar-refractivity contribution in [3.05, 3.63) is 60.2 Å². The molecule has 0 aliphatic heterocycles. The van der Waals surface area contributed by atoms with E-state index in [1.165, 1.54) is 11.1 Å². The number of hydrogen-bond acceptors (Lipinski definition) is 2. The molecule has 0 aliphatic rings. The number of benzene rings is 2. The highest BCUT2D eigenvalue weighted by atomic mass is 16.5. The molecule has 0 unspecified atom stereocenters. The number of hydrogen-bond donors (Lipinski definition) is 0. The lowest BCUT2D eigenvalue weighted by atomic mass is 10.1. The smallest absolute Gasteiger partial charge is 0.118 e. The summed E-state index contributed by atoms with van der Waals surface area (Å²) in [7, 11) is 1.68. The van der Waals surface area contributed by atoms with Gasteiger partial charge in [0.15, 0.2) is 0 Å². The third-order valence-electron chi connectivity index (χ3n) is 3.81. The molecule has 0 saturated heterocycles. The van der Waals surface area contributed by atoms with E-state index in [2.05, 4.69) is 44.2 Å². The van der Waals surface area contributed by atoms with Crippen molar-refractivity contribution in [2.45, 2.75) is 20.4 Å². The fourth-order valence-electron chi connectivity index (χ4n) is 2.52. The second-order valence-electron chi connectivity index (χ2n) is 5.33. The van der Waals surface area contributed by atoms with E-state index in [-0.39, 0.29) is 0 Å². The number of methoxy groups -OCH3 is 1. The van der Waals surface area contributed by atoms with Gasteiger partial charge < -0.3 is 4.74 Å². The molecule has 0 saturated carbocycles. The first-order valence-electron chi connectivity index (χ1n) is 7.50. The third-order valence-corrected chi connectivity index (χ3v) is 3.81. The molecule has 0 amide bonds. The van der Waals surface area contributed by atoms with E-state index < -0.39 is 0 Å². The molecule has 0 N–H and O–H groups in total. The molecule has 112 valence electrons. The molecule has 2 aromatic carbocycles. The summed E-state index contributed by atoms with van der Waals surface area (Å²) in [4.78, 5) is 0. The van der Waals surface area contributed by atoms with Gasteiger partial charge >= 0.3 is 0 Å². The van der Waals surface area contributed by atoms with E-state index >= 15 is 0 Å². The van der Waals surface area contributed by atoms with Gasteiger partial charge in [0.1, 0.15) is 5.75 Å². The molecule has 0 aliphatic carbocycles. The van der Waals surface area contributed by atoms with Crippen LogP contribution in [0.2, 0.25) is 0 Å². The molecule has 0 spiro atoms. The Hall–Kier alpha value is -2.55. The van der Waals surface area contributed by atoms with Gasteiger partial charge in [-0.25, -0.2) is 0 Å². The van der Waals surface area contributed by atoms with Crippen molar-refractivity contribution in [1.29, 1.82) is 0 Å². The number of rotatable bonds is 4. The maximum absolute atomic E-state index is 5.21. The molecule has 0 bridgehead atoms. The van der Waals surface area contributed by atoms with Crippen molar-refractivity contribution in [2.24, 2.45) is 0 Å². The SMILES string of the molecule is CCn1nc(-c2ccc(OC)cc2)cc1-c1ccc(C)cc1. The van der Waals surface area contributed by atoms with Gasteiger partial charge in [0.05, 0.1) is 18.5 Å². The summed E-state index contributed by atoms with van der Waals surface area (Å²) in [6.07, 6.45) is 0. The summed E-state index contributed by atoms with van der Waals surface area (Å²) in [5, 5.41) is 4.73. The van der Waals surface area contributed by atoms with Crippen LogP contribution in [0, 0.1) is 6.92 Å². The van der Waals surface area contributed by atoms with Crippen molar-refractivity contribution in [1.82, 2.24) is 9.78 Å². The minimum Gasteiger partial charge on any atom is -0.497 e. The van der Waals surface area contributed by atoms with Crippen LogP contribution in [0.5, 0.6) is 5.75 Å². The molecule has 1 aromatic heterocycles. The van der Waals surface area contributed by atoms with Crippen LogP contribution in [0.15, 0.2) is 54.6 Å². The van der Waals surface area contributed by atoms with E-state index in [1.807, 2.05) is 28.9 Å². The molecule has 3 aromatic rings. The standard InChI is InChI=1S/C19H20N2O/c1-4-21-19(16-7-5-14(2)6-8-16)13-18(20-21)15-9-11-17(22-3)12-10-15/h5-13H,4H2,1-3H3. The minimum absolute atomic E-state index is 0.847. The van der Waals surface area contributed by atoms with Crippen LogP contribution in [0.4, 0.5) is 0 Å². The Morgan fingerprint density at radius 1 is 0.955 bits per heavy atom. The van der Waals surface area contributed by atoms with Gasteiger partial charge in [-0.05, 0) is 49.7 Å². The van der Waals surface area contributed by atoms with Gasteiger partial charge in [-0.3, -0.25) is 4.68 Å². The first-order valence-corrected chi connectivity index (χ1v) is 7.50. The van der Waals surface area contributed by atoms with E-state index in [0.29, 0.717) is 0 Å². The Morgan fingerprint density at radius 3 is 2.18 bits per heavy atom. The lowest BCUT2D eigenvalue weighted by Gasteiger charge is -2.04. The second-order valence-corrected chi connectivity index (χ2v) is 5.33. The van der Waals surface area contributed by atoms with E-state index in [0.717, 1.165) is 29.2 Å². The second kappa shape index (κ2) is 6.06. The first-order chi connectivity index (χ1) is 10.7. The normalized spacial score (nSPS) is 10.7. The molecule has 22 heavy (non-hydrogen) atoms. The Labute approximate surface area is 131 Å². The van der Waals surface area contributed by atoms with Crippen LogP contribution >= 0.6 is 0 Å². The van der Waals surface area contributed by atoms with E-state index in [9.17, 15) is 0 Å². The summed E-state index contributed by atoms with van der Waals surface area (Å²) < 4.78 is 7.26. The van der Waals surface area contributed by atoms with Gasteiger partial charge in [-0.2, -0.15) is 5.10 Å². The summed E-state index contributed by atoms with van der Waals surface area (Å²) in [6, 6.07) is 18.7. The van der Waals surface area contributed by atoms with Crippen LogP contribution in [0.25, 0.3) is 22.5 Å². The van der Waals surface area contributed by atoms with Gasteiger partial charge in [0.25, 0.3) is 0 Å². The maximum atomic E-state index is 5.21. The predicted molar refractivity (Wildman–Crippen MR) is 90.1 cm³/mol. The van der Waals surface area contributed by atoms with Crippen LogP contribution in [-0.2, 0) is 6.54 Å². The fourth-order valence-corrected chi connectivity index (χ4v) is 2.52. The molecule has 3 rings (SSSR count). The Kier molecular flexibility index (Phi) is 3.96. The van der Waals surface area contributed by atoms with Crippen LogP contribution < -0.4 is 4.74 Å². The number of ether oxygens (including phenoxy) is 1. The molecule has 0 fully saturated rings. The predicted octanol–water partition coefficient (Wildman–Crippen LogP) is 4.55. The molecular weight excluding hydrogens is 272 g/mol. The number of aryl methyl sites for hydroxylation is 2. The summed E-state index contributed by atoms with van der Waals surface area (Å²) in [5.41, 5.74) is 5.69. The highest BCUT2D eigenvalue weighted by Gasteiger charge is 2.10. The highest BCUT2D eigenvalue weighted by molar-refractivity contribution is 5.69. The zero-order valence-corrected chi connectivity index (χ0v) is 13.2. The minimum atomic E-state index is 0.847. The van der Waals surface area contributed by atoms with Crippen molar-refractivity contribution in [3.8, 4) is 28.3 Å². The Bertz CT molecular complexity index is 755. The number of nitrogens with zero attached hydrogens (tertiary/aromatic N) is 2. The maximum Gasteiger partial charge on any atom is 0.118 e. The largest absolute Gasteiger partial charge is 0.497 e. The van der Waals surface area contributed by atoms with Gasteiger partial charge in [-0.15, -0.1) is 0 Å². The first kappa shape index (κ1) is 14.4.